The number of fused-ring (bicyclic) bond motifs is 1. The van der Waals surface area contributed by atoms with Crippen molar-refractivity contribution in [1.82, 2.24) is 15.5 Å². The first-order valence-corrected chi connectivity index (χ1v) is 9.81. The zero-order valence-electron chi connectivity index (χ0n) is 16.4. The number of nitrogens with zero attached hydrogens (tertiary/aromatic N) is 3. The lowest BCUT2D eigenvalue weighted by molar-refractivity contribution is 0.151. The Hall–Kier alpha value is -2.28. The molecule has 2 aliphatic rings. The third kappa shape index (κ3) is 3.32. The van der Waals surface area contributed by atoms with Gasteiger partial charge in [0.2, 0.25) is 0 Å². The molecular weight excluding hydrogens is 362 g/mol. The molecule has 0 amide bonds. The monoisotopic (exact) mass is 388 g/mol. The second-order valence-electron chi connectivity index (χ2n) is 8.19. The second kappa shape index (κ2) is 7.28. The van der Waals surface area contributed by atoms with Crippen LogP contribution in [0.25, 0.3) is 11.3 Å². The lowest BCUT2D eigenvalue weighted by Crippen LogP contribution is -2.50. The van der Waals surface area contributed by atoms with Gasteiger partial charge in [-0.3, -0.25) is 0 Å². The first-order valence-electron chi connectivity index (χ1n) is 9.81. The summed E-state index contributed by atoms with van der Waals surface area (Å²) in [5.41, 5.74) is 2.30. The van der Waals surface area contributed by atoms with E-state index in [-0.39, 0.29) is 28.9 Å². The lowest BCUT2D eigenvalue weighted by Gasteiger charge is -2.36. The molecule has 7 heteroatoms. The van der Waals surface area contributed by atoms with Crippen molar-refractivity contribution >= 4 is 5.82 Å². The average Bonchev–Trinajstić information content (AvgIpc) is 3.03. The van der Waals surface area contributed by atoms with Crippen LogP contribution in [0.2, 0.25) is 0 Å². The SMILES string of the molecule is Cc1cc(C)c(-c2cc(C(F)F)c(N3CC[C@H]4NCC(C)C[C@@H]43)nn2)c(O)c1. The van der Waals surface area contributed by atoms with E-state index >= 15 is 0 Å². The normalized spacial score (nSPS) is 24.6. The van der Waals surface area contributed by atoms with Crippen LogP contribution in [0.15, 0.2) is 18.2 Å². The molecule has 0 spiro atoms. The van der Waals surface area contributed by atoms with Crippen molar-refractivity contribution in [2.24, 2.45) is 5.92 Å². The van der Waals surface area contributed by atoms with Gasteiger partial charge in [-0.2, -0.15) is 0 Å². The van der Waals surface area contributed by atoms with Crippen molar-refractivity contribution in [2.75, 3.05) is 18.0 Å². The van der Waals surface area contributed by atoms with Crippen LogP contribution in [-0.4, -0.2) is 40.5 Å². The number of hydrogen-bond acceptors (Lipinski definition) is 5. The smallest absolute Gasteiger partial charge is 0.267 e. The molecule has 1 unspecified atom stereocenters. The molecule has 0 saturated carbocycles. The Morgan fingerprint density at radius 3 is 2.71 bits per heavy atom. The van der Waals surface area contributed by atoms with Gasteiger partial charge < -0.3 is 15.3 Å². The van der Waals surface area contributed by atoms with Crippen LogP contribution in [0.1, 0.15) is 42.9 Å². The number of rotatable bonds is 3. The van der Waals surface area contributed by atoms with Crippen molar-refractivity contribution in [3.63, 3.8) is 0 Å². The van der Waals surface area contributed by atoms with Gasteiger partial charge in [-0.05, 0) is 62.4 Å². The van der Waals surface area contributed by atoms with Gasteiger partial charge in [-0.15, -0.1) is 10.2 Å². The van der Waals surface area contributed by atoms with Crippen molar-refractivity contribution in [2.45, 2.75) is 52.1 Å². The van der Waals surface area contributed by atoms with Crippen LogP contribution in [0.3, 0.4) is 0 Å². The predicted octanol–water partition coefficient (Wildman–Crippen LogP) is 3.98. The number of aromatic nitrogens is 2. The molecule has 2 fully saturated rings. The number of nitrogens with one attached hydrogen (secondary N) is 1. The van der Waals surface area contributed by atoms with E-state index in [0.717, 1.165) is 30.5 Å². The molecule has 4 rings (SSSR count). The predicted molar refractivity (Wildman–Crippen MR) is 105 cm³/mol. The number of halogens is 2. The maximum atomic E-state index is 14.0. The molecule has 2 aliphatic heterocycles. The number of anilines is 1. The summed E-state index contributed by atoms with van der Waals surface area (Å²) in [6.07, 6.45) is -0.784. The summed E-state index contributed by atoms with van der Waals surface area (Å²) < 4.78 is 27.9. The average molecular weight is 388 g/mol. The standard InChI is InChI=1S/C21H26F2N4O/c1-11-6-13(3)19(18(28)8-11)16-9-14(20(22)23)21(26-25-16)27-5-4-15-17(27)7-12(2)10-24-15/h6,8-9,12,15,17,20,24,28H,4-5,7,10H2,1-3H3/t12?,15-,17+/m1/s1. The van der Waals surface area contributed by atoms with Gasteiger partial charge in [0.1, 0.15) is 5.75 Å². The molecule has 2 aromatic rings. The van der Waals surface area contributed by atoms with Gasteiger partial charge >= 0.3 is 0 Å². The van der Waals surface area contributed by atoms with Crippen LogP contribution in [0.4, 0.5) is 14.6 Å². The Kier molecular flexibility index (Phi) is 4.95. The van der Waals surface area contributed by atoms with E-state index in [1.54, 1.807) is 6.07 Å². The fraction of sp³-hybridized carbons (Fsp3) is 0.524. The zero-order chi connectivity index (χ0) is 20.0. The van der Waals surface area contributed by atoms with Crippen molar-refractivity contribution < 1.29 is 13.9 Å². The lowest BCUT2D eigenvalue weighted by atomic mass is 9.92. The number of aryl methyl sites for hydroxylation is 2. The minimum atomic E-state index is -2.66. The Balaban J connectivity index is 1.75. The number of aromatic hydroxyl groups is 1. The van der Waals surface area contributed by atoms with Crippen LogP contribution in [0.5, 0.6) is 5.75 Å². The first kappa shape index (κ1) is 19.1. The Bertz CT molecular complexity index is 866. The summed E-state index contributed by atoms with van der Waals surface area (Å²) in [4.78, 5) is 1.99. The van der Waals surface area contributed by atoms with Crippen molar-refractivity contribution in [3.05, 3.63) is 34.9 Å². The third-order valence-electron chi connectivity index (χ3n) is 5.94. The molecule has 2 saturated heterocycles. The molecule has 150 valence electrons. The van der Waals surface area contributed by atoms with E-state index in [1.165, 1.54) is 6.07 Å². The fourth-order valence-corrected chi connectivity index (χ4v) is 4.68. The number of piperidine rings is 1. The molecule has 0 aliphatic carbocycles. The number of hydrogen-bond donors (Lipinski definition) is 2. The second-order valence-corrected chi connectivity index (χ2v) is 8.19. The molecule has 5 nitrogen and oxygen atoms in total. The van der Waals surface area contributed by atoms with Crippen LogP contribution in [0, 0.1) is 19.8 Å². The Morgan fingerprint density at radius 1 is 1.21 bits per heavy atom. The highest BCUT2D eigenvalue weighted by atomic mass is 19.3. The van der Waals surface area contributed by atoms with E-state index in [4.69, 9.17) is 0 Å². The largest absolute Gasteiger partial charge is 0.507 e. The highest BCUT2D eigenvalue weighted by molar-refractivity contribution is 5.72. The maximum Gasteiger partial charge on any atom is 0.267 e. The molecule has 28 heavy (non-hydrogen) atoms. The van der Waals surface area contributed by atoms with Gasteiger partial charge in [0.25, 0.3) is 6.43 Å². The number of alkyl halides is 2. The van der Waals surface area contributed by atoms with Crippen molar-refractivity contribution in [1.29, 1.82) is 0 Å². The van der Waals surface area contributed by atoms with Crippen LogP contribution < -0.4 is 10.2 Å². The molecule has 0 bridgehead atoms. The first-order chi connectivity index (χ1) is 13.3. The molecule has 3 heterocycles. The summed E-state index contributed by atoms with van der Waals surface area (Å²) in [5, 5.41) is 22.3. The van der Waals surface area contributed by atoms with E-state index < -0.39 is 6.43 Å². The van der Waals surface area contributed by atoms with Gasteiger partial charge in [0.05, 0.1) is 11.3 Å². The molecular formula is C21H26F2N4O. The number of phenols is 1. The van der Waals surface area contributed by atoms with E-state index in [9.17, 15) is 13.9 Å². The molecule has 3 atom stereocenters. The molecule has 1 aromatic carbocycles. The Labute approximate surface area is 163 Å². The summed E-state index contributed by atoms with van der Waals surface area (Å²) in [7, 11) is 0. The van der Waals surface area contributed by atoms with Gasteiger partial charge in [-0.1, -0.05) is 13.0 Å². The fourth-order valence-electron chi connectivity index (χ4n) is 4.68. The highest BCUT2D eigenvalue weighted by Gasteiger charge is 2.40. The summed E-state index contributed by atoms with van der Waals surface area (Å²) in [5.74, 6) is 0.800. The zero-order valence-corrected chi connectivity index (χ0v) is 16.4. The number of benzene rings is 1. The molecule has 1 aromatic heterocycles. The van der Waals surface area contributed by atoms with E-state index in [0.29, 0.717) is 24.1 Å². The summed E-state index contributed by atoms with van der Waals surface area (Å²) in [6, 6.07) is 5.37. The number of phenolic OH excluding ortho intramolecular Hbond substituents is 1. The molecule has 0 radical (unpaired) electrons. The van der Waals surface area contributed by atoms with Crippen molar-refractivity contribution in [3.8, 4) is 17.0 Å². The van der Waals surface area contributed by atoms with E-state index in [1.807, 2.05) is 24.8 Å². The quantitative estimate of drug-likeness (QED) is 0.833. The van der Waals surface area contributed by atoms with Gasteiger partial charge in [0, 0.05) is 24.2 Å². The van der Waals surface area contributed by atoms with Crippen LogP contribution in [-0.2, 0) is 0 Å². The van der Waals surface area contributed by atoms with Gasteiger partial charge in [-0.25, -0.2) is 8.78 Å². The summed E-state index contributed by atoms with van der Waals surface area (Å²) >= 11 is 0. The minimum absolute atomic E-state index is 0.0336. The minimum Gasteiger partial charge on any atom is -0.507 e. The third-order valence-corrected chi connectivity index (χ3v) is 5.94. The molecule has 2 N–H and O–H groups in total. The highest BCUT2D eigenvalue weighted by Crippen LogP contribution is 2.39. The maximum absolute atomic E-state index is 14.0. The van der Waals surface area contributed by atoms with Gasteiger partial charge in [0.15, 0.2) is 5.82 Å². The van der Waals surface area contributed by atoms with Crippen LogP contribution >= 0.6 is 0 Å². The summed E-state index contributed by atoms with van der Waals surface area (Å²) in [6.45, 7) is 7.54. The Morgan fingerprint density at radius 2 is 2.00 bits per heavy atom. The van der Waals surface area contributed by atoms with E-state index in [2.05, 4.69) is 22.4 Å². The topological polar surface area (TPSA) is 61.3 Å².